The van der Waals surface area contributed by atoms with Crippen LogP contribution in [0.15, 0.2) is 48.5 Å². The number of sulfonamides is 1. The summed E-state index contributed by atoms with van der Waals surface area (Å²) in [5.41, 5.74) is 0.512. The van der Waals surface area contributed by atoms with Crippen molar-refractivity contribution in [3.63, 3.8) is 0 Å². The average Bonchev–Trinajstić information content (AvgIpc) is 2.93. The van der Waals surface area contributed by atoms with E-state index in [-0.39, 0.29) is 30.9 Å². The van der Waals surface area contributed by atoms with Gasteiger partial charge in [-0.2, -0.15) is 0 Å². The zero-order chi connectivity index (χ0) is 21.2. The predicted molar refractivity (Wildman–Crippen MR) is 102 cm³/mol. The molecule has 3 rings (SSSR count). The fraction of sp³-hybridized carbons (Fsp3) is 0.300. The maximum Gasteiger partial charge on any atom is 0.235 e. The Morgan fingerprint density at radius 2 is 1.72 bits per heavy atom. The Morgan fingerprint density at radius 1 is 1.10 bits per heavy atom. The minimum Gasteiger partial charge on any atom is -0.334 e. The van der Waals surface area contributed by atoms with Crippen LogP contribution >= 0.6 is 0 Å². The molecule has 2 atom stereocenters. The van der Waals surface area contributed by atoms with Crippen LogP contribution in [0.4, 0.5) is 8.78 Å². The number of hydrogen-bond donors (Lipinski definition) is 1. The smallest absolute Gasteiger partial charge is 0.235 e. The van der Waals surface area contributed by atoms with Gasteiger partial charge in [0.05, 0.1) is 12.8 Å². The van der Waals surface area contributed by atoms with Gasteiger partial charge in [-0.05, 0) is 17.7 Å². The number of nitrogens with one attached hydrogen (secondary N) is 1. The third-order valence-electron chi connectivity index (χ3n) is 4.89. The van der Waals surface area contributed by atoms with Crippen molar-refractivity contribution in [2.75, 3.05) is 6.26 Å². The normalized spacial score (nSPS) is 19.4. The summed E-state index contributed by atoms with van der Waals surface area (Å²) in [6.07, 6.45) is 0.594. The predicted octanol–water partition coefficient (Wildman–Crippen LogP) is 2.32. The molecule has 0 spiro atoms. The quantitative estimate of drug-likeness (QED) is 0.775. The van der Waals surface area contributed by atoms with Crippen molar-refractivity contribution in [1.29, 1.82) is 0 Å². The molecule has 154 valence electrons. The zero-order valence-corrected chi connectivity index (χ0v) is 16.5. The van der Waals surface area contributed by atoms with Gasteiger partial charge in [-0.25, -0.2) is 17.2 Å². The molecule has 29 heavy (non-hydrogen) atoms. The molecule has 2 amide bonds. The highest BCUT2D eigenvalue weighted by Crippen LogP contribution is 2.37. The largest absolute Gasteiger partial charge is 0.334 e. The van der Waals surface area contributed by atoms with Crippen molar-refractivity contribution in [3.8, 4) is 0 Å². The number of carbonyl (C=O) groups is 2. The number of carbonyl (C=O) groups excluding carboxylic acids is 2. The topological polar surface area (TPSA) is 83.5 Å². The number of likely N-dealkylation sites (tertiary alicyclic amines) is 1. The zero-order valence-electron chi connectivity index (χ0n) is 15.6. The minimum atomic E-state index is -3.77. The van der Waals surface area contributed by atoms with Crippen molar-refractivity contribution in [2.45, 2.75) is 31.3 Å². The van der Waals surface area contributed by atoms with E-state index in [1.54, 1.807) is 30.3 Å². The fourth-order valence-corrected chi connectivity index (χ4v) is 4.13. The Labute approximate surface area is 167 Å². The molecule has 6 nitrogen and oxygen atoms in total. The molecule has 1 fully saturated rings. The highest BCUT2D eigenvalue weighted by Gasteiger charge is 2.42. The fourth-order valence-electron chi connectivity index (χ4n) is 3.63. The first-order valence-electron chi connectivity index (χ1n) is 8.93. The van der Waals surface area contributed by atoms with Crippen molar-refractivity contribution in [3.05, 3.63) is 71.3 Å². The number of amides is 2. The standard InChI is InChI=1S/C20H20F2N2O4S/c1-29(27,28)23-19(25)11-18-14(13-6-3-2-4-7-13)10-20(26)24(18)12-15-16(21)8-5-9-17(15)22/h2-9,14,18H,10-12H2,1H3,(H,23,25). The Balaban J connectivity index is 1.94. The molecule has 0 aliphatic carbocycles. The molecule has 1 N–H and O–H groups in total. The minimum absolute atomic E-state index is 0.0525. The second-order valence-corrected chi connectivity index (χ2v) is 8.76. The third-order valence-corrected chi connectivity index (χ3v) is 5.49. The number of rotatable bonds is 6. The van der Waals surface area contributed by atoms with Gasteiger partial charge in [0.15, 0.2) is 0 Å². The highest BCUT2D eigenvalue weighted by atomic mass is 32.2. The van der Waals surface area contributed by atoms with Gasteiger partial charge in [0, 0.05) is 30.4 Å². The summed E-state index contributed by atoms with van der Waals surface area (Å²) >= 11 is 0. The third kappa shape index (κ3) is 4.97. The molecule has 1 aliphatic heterocycles. The lowest BCUT2D eigenvalue weighted by atomic mass is 9.89. The number of benzene rings is 2. The molecular weight excluding hydrogens is 402 g/mol. The van der Waals surface area contributed by atoms with Gasteiger partial charge in [0.2, 0.25) is 21.8 Å². The summed E-state index contributed by atoms with van der Waals surface area (Å²) in [5.74, 6) is -3.14. The molecule has 1 aliphatic rings. The Kier molecular flexibility index (Phi) is 5.97. The summed E-state index contributed by atoms with van der Waals surface area (Å²) in [6.45, 7) is -0.350. The van der Waals surface area contributed by atoms with Crippen LogP contribution in [-0.4, -0.2) is 37.4 Å². The SMILES string of the molecule is CS(=O)(=O)NC(=O)CC1C(c2ccccc2)CC(=O)N1Cc1c(F)cccc1F. The van der Waals surface area contributed by atoms with Crippen molar-refractivity contribution in [2.24, 2.45) is 0 Å². The van der Waals surface area contributed by atoms with Crippen molar-refractivity contribution < 1.29 is 26.8 Å². The molecule has 0 aromatic heterocycles. The van der Waals surface area contributed by atoms with Crippen LogP contribution in [0.3, 0.4) is 0 Å². The molecule has 2 aromatic carbocycles. The van der Waals surface area contributed by atoms with Gasteiger partial charge in [-0.15, -0.1) is 0 Å². The van der Waals surface area contributed by atoms with E-state index >= 15 is 0 Å². The Bertz CT molecular complexity index is 1010. The van der Waals surface area contributed by atoms with E-state index in [9.17, 15) is 26.8 Å². The lowest BCUT2D eigenvalue weighted by Gasteiger charge is -2.28. The molecule has 0 radical (unpaired) electrons. The van der Waals surface area contributed by atoms with Gasteiger partial charge in [-0.1, -0.05) is 36.4 Å². The molecule has 1 saturated heterocycles. The summed E-state index contributed by atoms with van der Waals surface area (Å²) in [5, 5.41) is 0. The van der Waals surface area contributed by atoms with Crippen LogP contribution < -0.4 is 4.72 Å². The average molecular weight is 422 g/mol. The number of nitrogens with zero attached hydrogens (tertiary/aromatic N) is 1. The lowest BCUT2D eigenvalue weighted by Crippen LogP contribution is -2.40. The summed E-state index contributed by atoms with van der Waals surface area (Å²) in [4.78, 5) is 26.2. The Morgan fingerprint density at radius 3 is 2.31 bits per heavy atom. The first-order chi connectivity index (χ1) is 13.7. The summed E-state index contributed by atoms with van der Waals surface area (Å²) in [6, 6.07) is 11.6. The van der Waals surface area contributed by atoms with Gasteiger partial charge in [0.25, 0.3) is 0 Å². The molecule has 0 bridgehead atoms. The van der Waals surface area contributed by atoms with Crippen LogP contribution in [0.25, 0.3) is 0 Å². The summed E-state index contributed by atoms with van der Waals surface area (Å²) < 4.78 is 52.9. The van der Waals surface area contributed by atoms with Crippen molar-refractivity contribution >= 4 is 21.8 Å². The molecule has 2 aromatic rings. The number of halogens is 2. The maximum absolute atomic E-state index is 14.1. The van der Waals surface area contributed by atoms with Crippen LogP contribution in [-0.2, 0) is 26.2 Å². The van der Waals surface area contributed by atoms with Crippen LogP contribution in [0.1, 0.15) is 29.9 Å². The number of hydrogen-bond acceptors (Lipinski definition) is 4. The van der Waals surface area contributed by atoms with E-state index in [1.807, 2.05) is 4.72 Å². The van der Waals surface area contributed by atoms with E-state index in [1.165, 1.54) is 11.0 Å². The van der Waals surface area contributed by atoms with E-state index in [0.29, 0.717) is 0 Å². The molecule has 1 heterocycles. The second-order valence-electron chi connectivity index (χ2n) is 7.01. The first kappa shape index (κ1) is 20.9. The lowest BCUT2D eigenvalue weighted by molar-refractivity contribution is -0.130. The summed E-state index contributed by atoms with van der Waals surface area (Å²) in [7, 11) is -3.77. The molecule has 9 heteroatoms. The van der Waals surface area contributed by atoms with Gasteiger partial charge >= 0.3 is 0 Å². The first-order valence-corrected chi connectivity index (χ1v) is 10.8. The van der Waals surface area contributed by atoms with Gasteiger partial charge in [0.1, 0.15) is 11.6 Å². The van der Waals surface area contributed by atoms with E-state index in [2.05, 4.69) is 0 Å². The highest BCUT2D eigenvalue weighted by molar-refractivity contribution is 7.89. The van der Waals surface area contributed by atoms with Crippen LogP contribution in [0, 0.1) is 11.6 Å². The van der Waals surface area contributed by atoms with Crippen LogP contribution in [0.5, 0.6) is 0 Å². The van der Waals surface area contributed by atoms with Gasteiger partial charge < -0.3 is 4.90 Å². The monoisotopic (exact) mass is 422 g/mol. The second kappa shape index (κ2) is 8.28. The maximum atomic E-state index is 14.1. The molecule has 0 saturated carbocycles. The molecule has 2 unspecified atom stereocenters. The van der Waals surface area contributed by atoms with E-state index in [4.69, 9.17) is 0 Å². The molecular formula is C20H20F2N2O4S. The van der Waals surface area contributed by atoms with E-state index < -0.39 is 39.5 Å². The van der Waals surface area contributed by atoms with Crippen molar-refractivity contribution in [1.82, 2.24) is 9.62 Å². The van der Waals surface area contributed by atoms with E-state index in [0.717, 1.165) is 24.0 Å². The van der Waals surface area contributed by atoms with Crippen LogP contribution in [0.2, 0.25) is 0 Å². The Hall–Kier alpha value is -2.81. The van der Waals surface area contributed by atoms with Gasteiger partial charge in [-0.3, -0.25) is 14.3 Å².